The molecule has 1 heterocycles. The zero-order valence-electron chi connectivity index (χ0n) is 19.5. The van der Waals surface area contributed by atoms with Crippen LogP contribution in [0.4, 0.5) is 4.39 Å². The van der Waals surface area contributed by atoms with Crippen molar-refractivity contribution in [2.45, 2.75) is 26.5 Å². The quantitative estimate of drug-likeness (QED) is 0.303. The highest BCUT2D eigenvalue weighted by molar-refractivity contribution is 5.74. The summed E-state index contributed by atoms with van der Waals surface area (Å²) in [6, 6.07) is 18.8. The number of rotatable bonds is 10. The van der Waals surface area contributed by atoms with Crippen molar-refractivity contribution < 1.29 is 23.6 Å². The van der Waals surface area contributed by atoms with E-state index in [-0.39, 0.29) is 25.3 Å². The Morgan fingerprint density at radius 3 is 2.60 bits per heavy atom. The van der Waals surface area contributed by atoms with Gasteiger partial charge in [-0.2, -0.15) is 4.98 Å². The van der Waals surface area contributed by atoms with Gasteiger partial charge in [0.05, 0.1) is 13.0 Å². The Labute approximate surface area is 202 Å². The van der Waals surface area contributed by atoms with Crippen LogP contribution in [0.25, 0.3) is 34.0 Å². The molecule has 0 aliphatic rings. The summed E-state index contributed by atoms with van der Waals surface area (Å²) in [5, 5.41) is 15.6. The Morgan fingerprint density at radius 2 is 1.86 bits per heavy atom. The maximum Gasteiger partial charge on any atom is 0.304 e. The number of aliphatic carboxylic acids is 1. The topological polar surface area (TPSA) is 97.5 Å². The number of aryl methyl sites for hydroxylation is 1. The number of ether oxygens (including phenoxy) is 1. The van der Waals surface area contributed by atoms with Crippen LogP contribution in [0.5, 0.6) is 0 Å². The number of methoxy groups -OCH3 is 1. The van der Waals surface area contributed by atoms with Crippen molar-refractivity contribution in [3.05, 3.63) is 83.2 Å². The molecule has 0 aliphatic heterocycles. The van der Waals surface area contributed by atoms with Crippen LogP contribution < -0.4 is 5.32 Å². The molecule has 7 nitrogen and oxygen atoms in total. The van der Waals surface area contributed by atoms with Gasteiger partial charge in [0.2, 0.25) is 5.82 Å². The van der Waals surface area contributed by atoms with Gasteiger partial charge in [-0.25, -0.2) is 4.39 Å². The van der Waals surface area contributed by atoms with Gasteiger partial charge >= 0.3 is 5.97 Å². The summed E-state index contributed by atoms with van der Waals surface area (Å²) in [6.45, 7) is 2.98. The molecule has 0 radical (unpaired) electrons. The van der Waals surface area contributed by atoms with E-state index in [2.05, 4.69) is 34.5 Å². The van der Waals surface area contributed by atoms with Crippen molar-refractivity contribution >= 4 is 5.97 Å². The lowest BCUT2D eigenvalue weighted by molar-refractivity contribution is -0.136. The molecule has 0 atom stereocenters. The molecule has 3 aromatic carbocycles. The van der Waals surface area contributed by atoms with E-state index in [9.17, 15) is 9.18 Å². The first-order valence-corrected chi connectivity index (χ1v) is 11.2. The summed E-state index contributed by atoms with van der Waals surface area (Å²) in [4.78, 5) is 15.1. The molecule has 0 spiro atoms. The SMILES string of the molecule is COCc1cc(-c2nc(-c3ccc(CNCCC(=O)O)c(F)c3)no2)ccc1-c1ccccc1C. The number of hydrogen-bond donors (Lipinski definition) is 2. The van der Waals surface area contributed by atoms with Gasteiger partial charge in [0.15, 0.2) is 0 Å². The smallest absolute Gasteiger partial charge is 0.304 e. The van der Waals surface area contributed by atoms with Crippen molar-refractivity contribution in [2.75, 3.05) is 13.7 Å². The lowest BCUT2D eigenvalue weighted by atomic mass is 9.94. The van der Waals surface area contributed by atoms with Gasteiger partial charge in [-0.15, -0.1) is 0 Å². The van der Waals surface area contributed by atoms with Crippen LogP contribution in [-0.2, 0) is 22.7 Å². The van der Waals surface area contributed by atoms with Gasteiger partial charge in [-0.05, 0) is 47.4 Å². The monoisotopic (exact) mass is 475 g/mol. The molecule has 4 aromatic rings. The number of carboxylic acids is 1. The van der Waals surface area contributed by atoms with Crippen molar-refractivity contribution in [2.24, 2.45) is 0 Å². The van der Waals surface area contributed by atoms with E-state index >= 15 is 0 Å². The Balaban J connectivity index is 1.55. The lowest BCUT2D eigenvalue weighted by Gasteiger charge is -2.12. The number of benzene rings is 3. The average Bonchev–Trinajstić information content (AvgIpc) is 3.34. The minimum absolute atomic E-state index is 0.0244. The number of aromatic nitrogens is 2. The van der Waals surface area contributed by atoms with E-state index in [1.165, 1.54) is 11.6 Å². The van der Waals surface area contributed by atoms with E-state index in [4.69, 9.17) is 14.4 Å². The number of nitrogens with zero attached hydrogens (tertiary/aromatic N) is 2. The fourth-order valence-corrected chi connectivity index (χ4v) is 3.85. The summed E-state index contributed by atoms with van der Waals surface area (Å²) in [6.07, 6.45) is -0.0244. The van der Waals surface area contributed by atoms with E-state index in [1.54, 1.807) is 19.2 Å². The second-order valence-electron chi connectivity index (χ2n) is 8.17. The molecule has 2 N–H and O–H groups in total. The molecule has 35 heavy (non-hydrogen) atoms. The molecule has 1 aromatic heterocycles. The Hall–Kier alpha value is -3.88. The highest BCUT2D eigenvalue weighted by Gasteiger charge is 2.15. The number of carbonyl (C=O) groups is 1. The molecule has 0 aliphatic carbocycles. The first-order valence-electron chi connectivity index (χ1n) is 11.2. The van der Waals surface area contributed by atoms with Crippen LogP contribution >= 0.6 is 0 Å². The van der Waals surface area contributed by atoms with Crippen LogP contribution in [0, 0.1) is 12.7 Å². The summed E-state index contributed by atoms with van der Waals surface area (Å²) in [5.41, 5.74) is 6.02. The molecular weight excluding hydrogens is 449 g/mol. The van der Waals surface area contributed by atoms with Gasteiger partial charge in [0.25, 0.3) is 5.89 Å². The summed E-state index contributed by atoms with van der Waals surface area (Å²) in [5.74, 6) is -0.726. The van der Waals surface area contributed by atoms with E-state index in [0.717, 1.165) is 22.3 Å². The van der Waals surface area contributed by atoms with Crippen LogP contribution in [0.3, 0.4) is 0 Å². The predicted octanol–water partition coefficient (Wildman–Crippen LogP) is 5.23. The summed E-state index contributed by atoms with van der Waals surface area (Å²) < 4.78 is 25.5. The fourth-order valence-electron chi connectivity index (χ4n) is 3.85. The summed E-state index contributed by atoms with van der Waals surface area (Å²) >= 11 is 0. The van der Waals surface area contributed by atoms with Crippen LogP contribution in [0.2, 0.25) is 0 Å². The normalized spacial score (nSPS) is 11.1. The van der Waals surface area contributed by atoms with Gasteiger partial charge in [0.1, 0.15) is 5.82 Å². The Bertz CT molecular complexity index is 1340. The van der Waals surface area contributed by atoms with E-state index in [1.807, 2.05) is 30.3 Å². The largest absolute Gasteiger partial charge is 0.481 e. The number of hydrogen-bond acceptors (Lipinski definition) is 6. The number of nitrogens with one attached hydrogen (secondary N) is 1. The maximum absolute atomic E-state index is 14.6. The fraction of sp³-hybridized carbons (Fsp3) is 0.222. The highest BCUT2D eigenvalue weighted by Crippen LogP contribution is 2.31. The third-order valence-electron chi connectivity index (χ3n) is 5.66. The van der Waals surface area contributed by atoms with Crippen LogP contribution in [-0.4, -0.2) is 34.9 Å². The Kier molecular flexibility index (Phi) is 7.64. The van der Waals surface area contributed by atoms with Crippen molar-refractivity contribution in [3.63, 3.8) is 0 Å². The number of halogens is 1. The average molecular weight is 476 g/mol. The second kappa shape index (κ2) is 11.0. The predicted molar refractivity (Wildman–Crippen MR) is 130 cm³/mol. The molecule has 0 saturated carbocycles. The van der Waals surface area contributed by atoms with Gasteiger partial charge in [0, 0.05) is 36.9 Å². The molecule has 0 saturated heterocycles. The highest BCUT2D eigenvalue weighted by atomic mass is 19.1. The second-order valence-corrected chi connectivity index (χ2v) is 8.17. The maximum atomic E-state index is 14.6. The number of carboxylic acid groups (broad SMARTS) is 1. The van der Waals surface area contributed by atoms with Crippen molar-refractivity contribution in [3.8, 4) is 34.0 Å². The molecule has 8 heteroatoms. The molecule has 4 rings (SSSR count). The first kappa shape index (κ1) is 24.3. The molecule has 0 unspecified atom stereocenters. The molecule has 0 fully saturated rings. The van der Waals surface area contributed by atoms with Crippen molar-refractivity contribution in [1.82, 2.24) is 15.5 Å². The lowest BCUT2D eigenvalue weighted by Crippen LogP contribution is -2.18. The standard InChI is InChI=1S/C27H26FN3O4/c1-17-5-3-4-6-22(17)23-10-9-19(13-21(23)16-34-2)27-30-26(31-35-27)18-7-8-20(24(28)14-18)15-29-12-11-25(32)33/h3-10,13-14,29H,11-12,15-16H2,1-2H3,(H,32,33). The third-order valence-corrected chi connectivity index (χ3v) is 5.66. The summed E-state index contributed by atoms with van der Waals surface area (Å²) in [7, 11) is 1.65. The molecule has 180 valence electrons. The van der Waals surface area contributed by atoms with Crippen LogP contribution in [0.15, 0.2) is 65.2 Å². The first-order chi connectivity index (χ1) is 17.0. The van der Waals surface area contributed by atoms with Gasteiger partial charge < -0.3 is 19.7 Å². The third kappa shape index (κ3) is 5.79. The minimum Gasteiger partial charge on any atom is -0.481 e. The van der Waals surface area contributed by atoms with Gasteiger partial charge in [-0.3, -0.25) is 4.79 Å². The Morgan fingerprint density at radius 1 is 1.06 bits per heavy atom. The van der Waals surface area contributed by atoms with E-state index < -0.39 is 11.8 Å². The zero-order chi connectivity index (χ0) is 24.8. The minimum atomic E-state index is -0.902. The molecule has 0 amide bonds. The van der Waals surface area contributed by atoms with Crippen molar-refractivity contribution in [1.29, 1.82) is 0 Å². The van der Waals surface area contributed by atoms with Gasteiger partial charge in [-0.1, -0.05) is 47.6 Å². The molecule has 0 bridgehead atoms. The van der Waals surface area contributed by atoms with E-state index in [0.29, 0.717) is 23.6 Å². The van der Waals surface area contributed by atoms with Crippen LogP contribution in [0.1, 0.15) is 23.1 Å². The molecular formula is C27H26FN3O4. The zero-order valence-corrected chi connectivity index (χ0v) is 19.5.